The molecule has 2 N–H and O–H groups in total. The van der Waals surface area contributed by atoms with Crippen molar-refractivity contribution in [3.05, 3.63) is 12.1 Å². The molecule has 1 aliphatic rings. The molecule has 0 radical (unpaired) electrons. The number of rotatable bonds is 3. The number of methoxy groups -OCH3 is 1. The molecular formula is C11H18N4O3S. The molecule has 0 aromatic carbocycles. The van der Waals surface area contributed by atoms with Crippen molar-refractivity contribution in [2.24, 2.45) is 0 Å². The quantitative estimate of drug-likeness (QED) is 0.824. The number of ether oxygens (including phenoxy) is 1. The smallest absolute Gasteiger partial charge is 0.215 e. The van der Waals surface area contributed by atoms with Crippen LogP contribution in [-0.4, -0.2) is 57.3 Å². The van der Waals surface area contributed by atoms with Crippen LogP contribution in [0.5, 0.6) is 5.88 Å². The highest BCUT2D eigenvalue weighted by Gasteiger charge is 2.25. The summed E-state index contributed by atoms with van der Waals surface area (Å²) in [5.41, 5.74) is 6.47. The highest BCUT2D eigenvalue weighted by atomic mass is 32.2. The lowest BCUT2D eigenvalue weighted by Gasteiger charge is -2.34. The monoisotopic (exact) mass is 286 g/mol. The number of anilines is 2. The lowest BCUT2D eigenvalue weighted by Crippen LogP contribution is -2.48. The second kappa shape index (κ2) is 5.22. The molecule has 0 bridgehead atoms. The number of nitrogens with two attached hydrogens (primary N) is 1. The molecule has 0 unspecified atom stereocenters. The third-order valence-electron chi connectivity index (χ3n) is 3.10. The maximum atomic E-state index is 11.4. The zero-order valence-corrected chi connectivity index (χ0v) is 11.9. The van der Waals surface area contributed by atoms with Crippen molar-refractivity contribution in [2.45, 2.75) is 0 Å². The molecule has 7 nitrogen and oxygen atoms in total. The van der Waals surface area contributed by atoms with E-state index in [-0.39, 0.29) is 0 Å². The standard InChI is InChI=1S/C11H18N4O3S/c1-18-10-4-3-9(12)11(13-10)14-5-7-15(8-6-14)19(2,16)17/h3-4H,5-8,12H2,1-2H3. The second-order valence-corrected chi connectivity index (χ2v) is 6.40. The Kier molecular flexibility index (Phi) is 3.81. The first-order valence-electron chi connectivity index (χ1n) is 5.92. The molecule has 0 atom stereocenters. The van der Waals surface area contributed by atoms with E-state index in [1.54, 1.807) is 19.2 Å². The summed E-state index contributed by atoms with van der Waals surface area (Å²) in [4.78, 5) is 6.28. The number of hydrogen-bond donors (Lipinski definition) is 1. The van der Waals surface area contributed by atoms with Crippen molar-refractivity contribution in [1.82, 2.24) is 9.29 Å². The molecule has 0 aliphatic carbocycles. The highest BCUT2D eigenvalue weighted by Crippen LogP contribution is 2.25. The average Bonchev–Trinajstić information content (AvgIpc) is 2.38. The number of aromatic nitrogens is 1. The third-order valence-corrected chi connectivity index (χ3v) is 4.40. The first kappa shape index (κ1) is 13.9. The fourth-order valence-corrected chi connectivity index (χ4v) is 2.87. The van der Waals surface area contributed by atoms with Crippen molar-refractivity contribution in [2.75, 3.05) is 50.2 Å². The van der Waals surface area contributed by atoms with Crippen LogP contribution in [-0.2, 0) is 10.0 Å². The number of nitrogens with zero attached hydrogens (tertiary/aromatic N) is 3. The fourth-order valence-electron chi connectivity index (χ4n) is 2.04. The van der Waals surface area contributed by atoms with Gasteiger partial charge in [0.05, 0.1) is 19.1 Å². The number of sulfonamides is 1. The minimum atomic E-state index is -3.12. The first-order chi connectivity index (χ1) is 8.91. The molecule has 0 amide bonds. The number of pyridine rings is 1. The van der Waals surface area contributed by atoms with E-state index in [0.717, 1.165) is 0 Å². The van der Waals surface area contributed by atoms with Crippen LogP contribution in [0.2, 0.25) is 0 Å². The third kappa shape index (κ3) is 3.07. The van der Waals surface area contributed by atoms with Crippen LogP contribution in [0.4, 0.5) is 11.5 Å². The number of nitrogen functional groups attached to an aromatic ring is 1. The van der Waals surface area contributed by atoms with Gasteiger partial charge < -0.3 is 15.4 Å². The summed E-state index contributed by atoms with van der Waals surface area (Å²) in [5.74, 6) is 1.14. The van der Waals surface area contributed by atoms with E-state index in [1.807, 2.05) is 4.90 Å². The van der Waals surface area contributed by atoms with Gasteiger partial charge in [-0.25, -0.2) is 8.42 Å². The molecule has 1 aromatic heterocycles. The summed E-state index contributed by atoms with van der Waals surface area (Å²) in [6, 6.07) is 3.44. The lowest BCUT2D eigenvalue weighted by molar-refractivity contribution is 0.382. The Labute approximate surface area is 113 Å². The normalized spacial score (nSPS) is 17.5. The zero-order valence-electron chi connectivity index (χ0n) is 11.0. The molecule has 1 fully saturated rings. The van der Waals surface area contributed by atoms with Gasteiger partial charge in [-0.1, -0.05) is 0 Å². The van der Waals surface area contributed by atoms with E-state index < -0.39 is 10.0 Å². The van der Waals surface area contributed by atoms with Gasteiger partial charge in [-0.05, 0) is 6.07 Å². The van der Waals surface area contributed by atoms with Gasteiger partial charge in [-0.2, -0.15) is 9.29 Å². The Hall–Kier alpha value is -1.54. The summed E-state index contributed by atoms with van der Waals surface area (Å²) < 4.78 is 29.4. The van der Waals surface area contributed by atoms with Crippen molar-refractivity contribution in [3.8, 4) is 5.88 Å². The van der Waals surface area contributed by atoms with Gasteiger partial charge in [-0.15, -0.1) is 0 Å². The van der Waals surface area contributed by atoms with Crippen LogP contribution >= 0.6 is 0 Å². The molecule has 0 saturated carbocycles. The Morgan fingerprint density at radius 3 is 2.42 bits per heavy atom. The second-order valence-electron chi connectivity index (χ2n) is 4.42. The predicted octanol–water partition coefficient (Wildman–Crippen LogP) is -0.246. The van der Waals surface area contributed by atoms with Crippen LogP contribution in [0.1, 0.15) is 0 Å². The molecule has 2 rings (SSSR count). The van der Waals surface area contributed by atoms with Crippen molar-refractivity contribution in [1.29, 1.82) is 0 Å². The van der Waals surface area contributed by atoms with Gasteiger partial charge in [0.2, 0.25) is 15.9 Å². The summed E-state index contributed by atoms with van der Waals surface area (Å²) in [6.45, 7) is 2.02. The van der Waals surface area contributed by atoms with Crippen LogP contribution in [0.15, 0.2) is 12.1 Å². The molecular weight excluding hydrogens is 268 g/mol. The minimum absolute atomic E-state index is 0.442. The van der Waals surface area contributed by atoms with Crippen molar-refractivity contribution >= 4 is 21.5 Å². The van der Waals surface area contributed by atoms with Crippen molar-refractivity contribution < 1.29 is 13.2 Å². The summed E-state index contributed by atoms with van der Waals surface area (Å²) in [5, 5.41) is 0. The van der Waals surface area contributed by atoms with Crippen LogP contribution < -0.4 is 15.4 Å². The molecule has 106 valence electrons. The number of piperazine rings is 1. The molecule has 19 heavy (non-hydrogen) atoms. The Morgan fingerprint density at radius 1 is 1.26 bits per heavy atom. The summed E-state index contributed by atoms with van der Waals surface area (Å²) >= 11 is 0. The van der Waals surface area contributed by atoms with E-state index in [2.05, 4.69) is 4.98 Å². The predicted molar refractivity (Wildman–Crippen MR) is 73.8 cm³/mol. The number of hydrogen-bond acceptors (Lipinski definition) is 6. The Bertz CT molecular complexity index is 553. The molecule has 0 spiro atoms. The fraction of sp³-hybridized carbons (Fsp3) is 0.545. The zero-order chi connectivity index (χ0) is 14.0. The van der Waals surface area contributed by atoms with Crippen LogP contribution in [0.3, 0.4) is 0 Å². The van der Waals surface area contributed by atoms with Gasteiger partial charge in [0.25, 0.3) is 0 Å². The highest BCUT2D eigenvalue weighted by molar-refractivity contribution is 7.88. The van der Waals surface area contributed by atoms with Gasteiger partial charge in [0.1, 0.15) is 0 Å². The minimum Gasteiger partial charge on any atom is -0.481 e. The molecule has 1 saturated heterocycles. The van der Waals surface area contributed by atoms with E-state index in [9.17, 15) is 8.42 Å². The van der Waals surface area contributed by atoms with E-state index in [4.69, 9.17) is 10.5 Å². The summed E-state index contributed by atoms with van der Waals surface area (Å²) in [6.07, 6.45) is 1.22. The first-order valence-corrected chi connectivity index (χ1v) is 7.77. The van der Waals surface area contributed by atoms with Gasteiger partial charge in [-0.3, -0.25) is 0 Å². The Morgan fingerprint density at radius 2 is 1.89 bits per heavy atom. The van der Waals surface area contributed by atoms with Crippen LogP contribution in [0.25, 0.3) is 0 Å². The van der Waals surface area contributed by atoms with E-state index >= 15 is 0 Å². The lowest BCUT2D eigenvalue weighted by atomic mass is 10.3. The van der Waals surface area contributed by atoms with Crippen molar-refractivity contribution in [3.63, 3.8) is 0 Å². The van der Waals surface area contributed by atoms with E-state index in [0.29, 0.717) is 43.6 Å². The molecule has 8 heteroatoms. The Balaban J connectivity index is 2.13. The van der Waals surface area contributed by atoms with Gasteiger partial charge >= 0.3 is 0 Å². The topological polar surface area (TPSA) is 88.8 Å². The molecule has 1 aliphatic heterocycles. The maximum Gasteiger partial charge on any atom is 0.215 e. The van der Waals surface area contributed by atoms with Gasteiger partial charge in [0, 0.05) is 32.2 Å². The SMILES string of the molecule is COc1ccc(N)c(N2CCN(S(C)(=O)=O)CC2)n1. The largest absolute Gasteiger partial charge is 0.481 e. The average molecular weight is 286 g/mol. The molecule has 2 heterocycles. The van der Waals surface area contributed by atoms with Gasteiger partial charge in [0.15, 0.2) is 5.82 Å². The summed E-state index contributed by atoms with van der Waals surface area (Å²) in [7, 11) is -1.58. The van der Waals surface area contributed by atoms with Crippen LogP contribution in [0, 0.1) is 0 Å². The van der Waals surface area contributed by atoms with E-state index in [1.165, 1.54) is 10.6 Å². The maximum absolute atomic E-state index is 11.4. The molecule has 1 aromatic rings.